The van der Waals surface area contributed by atoms with Crippen LogP contribution >= 0.6 is 0 Å². The number of nitrogens with one attached hydrogen (secondary N) is 3. The molecule has 0 bridgehead atoms. The second-order valence-electron chi connectivity index (χ2n) is 8.54. The van der Waals surface area contributed by atoms with Gasteiger partial charge in [-0.15, -0.1) is 0 Å². The topological polar surface area (TPSA) is 73.5 Å². The predicted molar refractivity (Wildman–Crippen MR) is 110 cm³/mol. The van der Waals surface area contributed by atoms with Crippen molar-refractivity contribution in [3.8, 4) is 0 Å². The molecule has 0 aliphatic carbocycles. The van der Waals surface area contributed by atoms with Gasteiger partial charge >= 0.3 is 0 Å². The number of imide groups is 1. The zero-order chi connectivity index (χ0) is 19.3. The van der Waals surface area contributed by atoms with Crippen molar-refractivity contribution in [1.29, 1.82) is 0 Å². The maximum absolute atomic E-state index is 11.9. The van der Waals surface area contributed by atoms with Gasteiger partial charge in [0.2, 0.25) is 11.8 Å². The highest BCUT2D eigenvalue weighted by atomic mass is 16.2. The van der Waals surface area contributed by atoms with Crippen molar-refractivity contribution in [2.75, 3.05) is 38.0 Å². The highest BCUT2D eigenvalue weighted by molar-refractivity contribution is 6.01. The highest BCUT2D eigenvalue weighted by Crippen LogP contribution is 2.30. The number of amides is 2. The van der Waals surface area contributed by atoms with Gasteiger partial charge < -0.3 is 15.5 Å². The van der Waals surface area contributed by atoms with Crippen LogP contribution in [0.2, 0.25) is 0 Å². The largest absolute Gasteiger partial charge is 0.374 e. The summed E-state index contributed by atoms with van der Waals surface area (Å²) in [6, 6.07) is 8.21. The molecule has 1 aromatic rings. The van der Waals surface area contributed by atoms with Crippen molar-refractivity contribution in [2.24, 2.45) is 5.92 Å². The lowest BCUT2D eigenvalue weighted by molar-refractivity contribution is -0.133. The van der Waals surface area contributed by atoms with Crippen molar-refractivity contribution in [2.45, 2.75) is 50.5 Å². The number of rotatable bonds is 5. The summed E-state index contributed by atoms with van der Waals surface area (Å²) in [5.41, 5.74) is 2.34. The van der Waals surface area contributed by atoms with Crippen molar-refractivity contribution in [3.63, 3.8) is 0 Å². The van der Waals surface area contributed by atoms with E-state index < -0.39 is 0 Å². The first-order chi connectivity index (χ1) is 13.7. The zero-order valence-electron chi connectivity index (χ0n) is 16.6. The molecule has 152 valence electrons. The third-order valence-electron chi connectivity index (χ3n) is 6.52. The van der Waals surface area contributed by atoms with Crippen LogP contribution < -0.4 is 16.0 Å². The summed E-state index contributed by atoms with van der Waals surface area (Å²) < 4.78 is 0. The van der Waals surface area contributed by atoms with E-state index in [1.807, 2.05) is 0 Å². The molecule has 3 heterocycles. The Morgan fingerprint density at radius 3 is 2.36 bits per heavy atom. The van der Waals surface area contributed by atoms with E-state index in [0.717, 1.165) is 11.6 Å². The first-order valence-electron chi connectivity index (χ1n) is 10.8. The normalized spacial score (nSPS) is 25.5. The lowest BCUT2D eigenvalue weighted by Crippen LogP contribution is -2.47. The van der Waals surface area contributed by atoms with Crippen LogP contribution in [0.25, 0.3) is 0 Å². The van der Waals surface area contributed by atoms with Crippen LogP contribution in [0.15, 0.2) is 24.3 Å². The number of carbonyl (C=O) groups is 2. The summed E-state index contributed by atoms with van der Waals surface area (Å²) in [6.45, 7) is 6.03. The van der Waals surface area contributed by atoms with Crippen molar-refractivity contribution >= 4 is 17.5 Å². The summed E-state index contributed by atoms with van der Waals surface area (Å²) in [7, 11) is 0. The molecule has 1 aromatic carbocycles. The van der Waals surface area contributed by atoms with Gasteiger partial charge in [-0.05, 0) is 87.8 Å². The average molecular weight is 385 g/mol. The molecule has 0 radical (unpaired) electrons. The van der Waals surface area contributed by atoms with Crippen molar-refractivity contribution in [1.82, 2.24) is 15.5 Å². The van der Waals surface area contributed by atoms with E-state index in [4.69, 9.17) is 0 Å². The molecule has 0 spiro atoms. The van der Waals surface area contributed by atoms with E-state index in [1.54, 1.807) is 0 Å². The van der Waals surface area contributed by atoms with Gasteiger partial charge in [0.05, 0.1) is 0 Å². The molecule has 3 aliphatic rings. The smallest absolute Gasteiger partial charge is 0.249 e. The van der Waals surface area contributed by atoms with Crippen LogP contribution in [0.4, 0.5) is 5.69 Å². The zero-order valence-corrected chi connectivity index (χ0v) is 16.6. The minimum absolute atomic E-state index is 0.176. The van der Waals surface area contributed by atoms with E-state index in [2.05, 4.69) is 45.1 Å². The summed E-state index contributed by atoms with van der Waals surface area (Å²) in [5.74, 6) is 1.11. The molecule has 6 nitrogen and oxygen atoms in total. The highest BCUT2D eigenvalue weighted by Gasteiger charge is 2.27. The first-order valence-corrected chi connectivity index (χ1v) is 10.8. The van der Waals surface area contributed by atoms with Crippen LogP contribution in [0.1, 0.15) is 50.0 Å². The Morgan fingerprint density at radius 2 is 1.68 bits per heavy atom. The molecule has 2 amide bonds. The molecule has 6 heteroatoms. The number of carbonyl (C=O) groups excluding carboxylic acids is 2. The van der Waals surface area contributed by atoms with Crippen LogP contribution in [-0.4, -0.2) is 55.5 Å². The van der Waals surface area contributed by atoms with Crippen molar-refractivity contribution < 1.29 is 9.59 Å². The predicted octanol–water partition coefficient (Wildman–Crippen LogP) is 2.08. The minimum Gasteiger partial charge on any atom is -0.374 e. The Hall–Kier alpha value is -1.92. The monoisotopic (exact) mass is 384 g/mol. The Morgan fingerprint density at radius 1 is 0.964 bits per heavy atom. The molecule has 0 unspecified atom stereocenters. The van der Waals surface area contributed by atoms with E-state index in [1.165, 1.54) is 64.0 Å². The van der Waals surface area contributed by atoms with E-state index in [9.17, 15) is 9.59 Å². The number of hydrogen-bond acceptors (Lipinski definition) is 5. The molecule has 3 aliphatic heterocycles. The number of piperidine rings is 3. The third kappa shape index (κ3) is 4.92. The quantitative estimate of drug-likeness (QED) is 0.678. The molecule has 1 atom stereocenters. The first kappa shape index (κ1) is 19.4. The van der Waals surface area contributed by atoms with Gasteiger partial charge in [-0.3, -0.25) is 14.9 Å². The average Bonchev–Trinajstić information content (AvgIpc) is 2.72. The summed E-state index contributed by atoms with van der Waals surface area (Å²) in [4.78, 5) is 25.8. The maximum atomic E-state index is 11.9. The fourth-order valence-electron chi connectivity index (χ4n) is 4.76. The van der Waals surface area contributed by atoms with E-state index in [-0.39, 0.29) is 17.9 Å². The second kappa shape index (κ2) is 9.05. The van der Waals surface area contributed by atoms with Gasteiger partial charge in [-0.2, -0.15) is 0 Å². The number of nitrogens with zero attached hydrogens (tertiary/aromatic N) is 1. The summed E-state index contributed by atoms with van der Waals surface area (Å²) in [5, 5.41) is 9.11. The number of hydrogen-bond donors (Lipinski definition) is 3. The molecular formula is C22H32N4O2. The second-order valence-corrected chi connectivity index (χ2v) is 8.54. The molecule has 28 heavy (non-hydrogen) atoms. The van der Waals surface area contributed by atoms with Crippen LogP contribution in [0, 0.1) is 5.92 Å². The standard InChI is InChI=1S/C22H32N4O2/c27-21-6-5-20(22(28)25-21)24-19-3-1-17(2-4-19)18-9-13-26(14-10-18)15-16-7-11-23-12-8-16/h1-4,16,18,20,23-24H,5-15H2,(H,25,27,28)/t20-/m1/s1. The van der Waals surface area contributed by atoms with Gasteiger partial charge in [-0.1, -0.05) is 12.1 Å². The van der Waals surface area contributed by atoms with Gasteiger partial charge in [0, 0.05) is 18.7 Å². The molecular weight excluding hydrogens is 352 g/mol. The molecule has 0 aromatic heterocycles. The Kier molecular flexibility index (Phi) is 6.27. The van der Waals surface area contributed by atoms with E-state index in [0.29, 0.717) is 18.8 Å². The maximum Gasteiger partial charge on any atom is 0.249 e. The molecule has 3 N–H and O–H groups in total. The van der Waals surface area contributed by atoms with Crippen LogP contribution in [0.3, 0.4) is 0 Å². The fraction of sp³-hybridized carbons (Fsp3) is 0.636. The Labute approximate surface area is 167 Å². The lowest BCUT2D eigenvalue weighted by atomic mass is 9.88. The SMILES string of the molecule is O=C1CC[C@@H](Nc2ccc(C3CCN(CC4CCNCC4)CC3)cc2)C(=O)N1. The van der Waals surface area contributed by atoms with Gasteiger partial charge in [0.25, 0.3) is 0 Å². The molecule has 3 saturated heterocycles. The minimum atomic E-state index is -0.318. The summed E-state index contributed by atoms with van der Waals surface area (Å²) >= 11 is 0. The molecule has 4 rings (SSSR count). The fourth-order valence-corrected chi connectivity index (χ4v) is 4.76. The molecule has 0 saturated carbocycles. The van der Waals surface area contributed by atoms with Crippen LogP contribution in [0.5, 0.6) is 0 Å². The summed E-state index contributed by atoms with van der Waals surface area (Å²) in [6.07, 6.45) is 6.05. The van der Waals surface area contributed by atoms with Gasteiger partial charge in [0.1, 0.15) is 6.04 Å². The van der Waals surface area contributed by atoms with E-state index >= 15 is 0 Å². The van der Waals surface area contributed by atoms with Gasteiger partial charge in [-0.25, -0.2) is 0 Å². The Bertz CT molecular complexity index is 676. The van der Waals surface area contributed by atoms with Crippen molar-refractivity contribution in [3.05, 3.63) is 29.8 Å². The third-order valence-corrected chi connectivity index (χ3v) is 6.52. The number of likely N-dealkylation sites (tertiary alicyclic amines) is 1. The van der Waals surface area contributed by atoms with Gasteiger partial charge in [0.15, 0.2) is 0 Å². The lowest BCUT2D eigenvalue weighted by Gasteiger charge is -2.35. The Balaban J connectivity index is 1.25. The number of anilines is 1. The number of benzene rings is 1. The van der Waals surface area contributed by atoms with Crippen LogP contribution in [-0.2, 0) is 9.59 Å². The molecule has 3 fully saturated rings.